The number of nitrogens with one attached hydrogen (secondary N) is 2. The highest BCUT2D eigenvalue weighted by Gasteiger charge is 2.23. The molecule has 1 aliphatic carbocycles. The molecule has 1 atom stereocenters. The Kier molecular flexibility index (Phi) is 5.27. The lowest BCUT2D eigenvalue weighted by atomic mass is 10.1. The van der Waals surface area contributed by atoms with E-state index < -0.39 is 0 Å². The number of hydrogen-bond acceptors (Lipinski definition) is 4. The highest BCUT2D eigenvalue weighted by Crippen LogP contribution is 2.30. The first-order chi connectivity index (χ1) is 13.2. The third kappa shape index (κ3) is 4.59. The number of ether oxygens (including phenoxy) is 1. The lowest BCUT2D eigenvalue weighted by Crippen LogP contribution is -2.46. The molecule has 0 bridgehead atoms. The molecule has 2 aliphatic rings. The van der Waals surface area contributed by atoms with Gasteiger partial charge in [0.25, 0.3) is 0 Å². The van der Waals surface area contributed by atoms with Crippen molar-refractivity contribution in [2.24, 2.45) is 10.9 Å². The van der Waals surface area contributed by atoms with E-state index in [1.54, 1.807) is 7.05 Å². The number of benzene rings is 1. The SMILES string of the molecule is CN=C(NCc1ccccc1OCC1CC1)NC1CCc2nc(C)nn2C1. The first kappa shape index (κ1) is 17.8. The lowest BCUT2D eigenvalue weighted by Gasteiger charge is -2.25. The summed E-state index contributed by atoms with van der Waals surface area (Å²) in [5, 5.41) is 11.4. The number of rotatable bonds is 6. The van der Waals surface area contributed by atoms with Crippen LogP contribution in [0.1, 0.15) is 36.5 Å². The summed E-state index contributed by atoms with van der Waals surface area (Å²) < 4.78 is 8.00. The monoisotopic (exact) mass is 368 g/mol. The number of hydrogen-bond donors (Lipinski definition) is 2. The highest BCUT2D eigenvalue weighted by atomic mass is 16.5. The van der Waals surface area contributed by atoms with Crippen molar-refractivity contribution in [3.63, 3.8) is 0 Å². The molecule has 1 aliphatic heterocycles. The van der Waals surface area contributed by atoms with Gasteiger partial charge in [0.05, 0.1) is 13.2 Å². The molecule has 2 N–H and O–H groups in total. The minimum Gasteiger partial charge on any atom is -0.493 e. The van der Waals surface area contributed by atoms with Crippen molar-refractivity contribution < 1.29 is 4.74 Å². The van der Waals surface area contributed by atoms with Gasteiger partial charge in [-0.3, -0.25) is 4.99 Å². The van der Waals surface area contributed by atoms with E-state index in [1.165, 1.54) is 12.8 Å². The van der Waals surface area contributed by atoms with Crippen molar-refractivity contribution in [3.05, 3.63) is 41.5 Å². The minimum atomic E-state index is 0.297. The molecule has 2 heterocycles. The second-order valence-electron chi connectivity index (χ2n) is 7.43. The molecule has 144 valence electrons. The summed E-state index contributed by atoms with van der Waals surface area (Å²) in [4.78, 5) is 8.85. The number of fused-ring (bicyclic) bond motifs is 1. The molecule has 1 aromatic carbocycles. The summed E-state index contributed by atoms with van der Waals surface area (Å²) in [6.45, 7) is 4.27. The Balaban J connectivity index is 1.32. The molecule has 0 amide bonds. The quantitative estimate of drug-likeness (QED) is 0.603. The molecule has 27 heavy (non-hydrogen) atoms. The maximum absolute atomic E-state index is 6.00. The van der Waals surface area contributed by atoms with E-state index in [4.69, 9.17) is 4.74 Å². The highest BCUT2D eigenvalue weighted by molar-refractivity contribution is 5.80. The zero-order valence-electron chi connectivity index (χ0n) is 16.1. The van der Waals surface area contributed by atoms with Gasteiger partial charge in [0.2, 0.25) is 0 Å². The van der Waals surface area contributed by atoms with Gasteiger partial charge in [-0.25, -0.2) is 9.67 Å². The van der Waals surface area contributed by atoms with Crippen LogP contribution in [0.3, 0.4) is 0 Å². The molecule has 7 heteroatoms. The van der Waals surface area contributed by atoms with Crippen molar-refractivity contribution in [2.45, 2.75) is 51.7 Å². The fourth-order valence-corrected chi connectivity index (χ4v) is 3.40. The Morgan fingerprint density at radius 1 is 1.30 bits per heavy atom. The zero-order chi connectivity index (χ0) is 18.6. The summed E-state index contributed by atoms with van der Waals surface area (Å²) in [7, 11) is 1.80. The van der Waals surface area contributed by atoms with Crippen molar-refractivity contribution in [3.8, 4) is 5.75 Å². The molecule has 0 radical (unpaired) electrons. The van der Waals surface area contributed by atoms with Crippen LogP contribution in [0.5, 0.6) is 5.75 Å². The smallest absolute Gasteiger partial charge is 0.191 e. The first-order valence-corrected chi connectivity index (χ1v) is 9.79. The van der Waals surface area contributed by atoms with E-state index in [2.05, 4.69) is 31.8 Å². The largest absolute Gasteiger partial charge is 0.493 e. The molecule has 2 aromatic rings. The van der Waals surface area contributed by atoms with E-state index in [9.17, 15) is 0 Å². The van der Waals surface area contributed by atoms with Crippen molar-refractivity contribution >= 4 is 5.96 Å². The van der Waals surface area contributed by atoms with Crippen LogP contribution in [0.4, 0.5) is 0 Å². The van der Waals surface area contributed by atoms with Crippen LogP contribution in [0, 0.1) is 12.8 Å². The molecular weight excluding hydrogens is 340 g/mol. The van der Waals surface area contributed by atoms with Gasteiger partial charge in [0.1, 0.15) is 17.4 Å². The second kappa shape index (κ2) is 7.98. The normalized spacial score (nSPS) is 19.5. The van der Waals surface area contributed by atoms with Gasteiger partial charge in [-0.05, 0) is 38.2 Å². The third-order valence-corrected chi connectivity index (χ3v) is 5.12. The maximum atomic E-state index is 6.00. The fraction of sp³-hybridized carbons (Fsp3) is 0.550. The Hall–Kier alpha value is -2.57. The molecule has 1 fully saturated rings. The van der Waals surface area contributed by atoms with Crippen LogP contribution in [0.25, 0.3) is 0 Å². The van der Waals surface area contributed by atoms with Crippen molar-refractivity contribution in [1.29, 1.82) is 0 Å². The van der Waals surface area contributed by atoms with E-state index in [-0.39, 0.29) is 0 Å². The number of aliphatic imine (C=N–C) groups is 1. The van der Waals surface area contributed by atoms with E-state index >= 15 is 0 Å². The van der Waals surface area contributed by atoms with Gasteiger partial charge in [0.15, 0.2) is 5.96 Å². The minimum absolute atomic E-state index is 0.297. The Bertz CT molecular complexity index is 811. The van der Waals surface area contributed by atoms with Crippen LogP contribution in [0.2, 0.25) is 0 Å². The van der Waals surface area contributed by atoms with Crippen LogP contribution < -0.4 is 15.4 Å². The van der Waals surface area contributed by atoms with Gasteiger partial charge >= 0.3 is 0 Å². The van der Waals surface area contributed by atoms with Crippen LogP contribution in [-0.4, -0.2) is 40.4 Å². The summed E-state index contributed by atoms with van der Waals surface area (Å²) in [5.74, 6) is 4.44. The molecule has 7 nitrogen and oxygen atoms in total. The molecule has 0 spiro atoms. The topological polar surface area (TPSA) is 76.4 Å². The number of aromatic nitrogens is 3. The van der Waals surface area contributed by atoms with Crippen LogP contribution in [-0.2, 0) is 19.5 Å². The molecule has 4 rings (SSSR count). The zero-order valence-corrected chi connectivity index (χ0v) is 16.1. The fourth-order valence-electron chi connectivity index (χ4n) is 3.40. The predicted molar refractivity (Wildman–Crippen MR) is 105 cm³/mol. The molecule has 1 saturated carbocycles. The Labute approximate surface area is 160 Å². The third-order valence-electron chi connectivity index (χ3n) is 5.12. The molecule has 1 aromatic heterocycles. The number of aryl methyl sites for hydroxylation is 2. The first-order valence-electron chi connectivity index (χ1n) is 9.79. The Morgan fingerprint density at radius 3 is 2.96 bits per heavy atom. The van der Waals surface area contributed by atoms with Gasteiger partial charge < -0.3 is 15.4 Å². The van der Waals surface area contributed by atoms with Crippen LogP contribution >= 0.6 is 0 Å². The predicted octanol–water partition coefficient (Wildman–Crippen LogP) is 2.06. The molecule has 1 unspecified atom stereocenters. The standard InChI is InChI=1S/C20H28N6O/c1-14-23-19-10-9-17(12-26(19)25-14)24-20(21-2)22-11-16-5-3-4-6-18(16)27-13-15-7-8-15/h3-6,15,17H,7-13H2,1-2H3,(H2,21,22,24). The van der Waals surface area contributed by atoms with Crippen molar-refractivity contribution in [2.75, 3.05) is 13.7 Å². The average molecular weight is 368 g/mol. The summed E-state index contributed by atoms with van der Waals surface area (Å²) in [6.07, 6.45) is 4.56. The molecule has 0 saturated heterocycles. The number of nitrogens with zero attached hydrogens (tertiary/aromatic N) is 4. The van der Waals surface area contributed by atoms with Crippen LogP contribution in [0.15, 0.2) is 29.3 Å². The average Bonchev–Trinajstić information content (AvgIpc) is 3.43. The van der Waals surface area contributed by atoms with E-state index in [1.807, 2.05) is 29.8 Å². The second-order valence-corrected chi connectivity index (χ2v) is 7.43. The van der Waals surface area contributed by atoms with Gasteiger partial charge in [-0.1, -0.05) is 18.2 Å². The van der Waals surface area contributed by atoms with E-state index in [0.717, 1.165) is 60.8 Å². The van der Waals surface area contributed by atoms with Gasteiger partial charge in [0, 0.05) is 31.6 Å². The maximum Gasteiger partial charge on any atom is 0.191 e. The summed E-state index contributed by atoms with van der Waals surface area (Å²) >= 11 is 0. The lowest BCUT2D eigenvalue weighted by molar-refractivity contribution is 0.296. The summed E-state index contributed by atoms with van der Waals surface area (Å²) in [5.41, 5.74) is 1.15. The number of para-hydroxylation sites is 1. The number of guanidine groups is 1. The van der Waals surface area contributed by atoms with Crippen molar-refractivity contribution in [1.82, 2.24) is 25.4 Å². The summed E-state index contributed by atoms with van der Waals surface area (Å²) in [6, 6.07) is 8.52. The van der Waals surface area contributed by atoms with Gasteiger partial charge in [-0.2, -0.15) is 5.10 Å². The van der Waals surface area contributed by atoms with E-state index in [0.29, 0.717) is 12.6 Å². The molecular formula is C20H28N6O. The van der Waals surface area contributed by atoms with Gasteiger partial charge in [-0.15, -0.1) is 0 Å². The Morgan fingerprint density at radius 2 is 2.15 bits per heavy atom.